The third-order valence-electron chi connectivity index (χ3n) is 2.61. The van der Waals surface area contributed by atoms with E-state index in [1.165, 1.54) is 5.56 Å². The Hall–Kier alpha value is -1.22. The van der Waals surface area contributed by atoms with Gasteiger partial charge >= 0.3 is 0 Å². The zero-order chi connectivity index (χ0) is 12.0. The second-order valence-electron chi connectivity index (χ2n) is 4.49. The lowest BCUT2D eigenvalue weighted by molar-refractivity contribution is 0.229. The van der Waals surface area contributed by atoms with Crippen molar-refractivity contribution < 1.29 is 5.11 Å². The van der Waals surface area contributed by atoms with Gasteiger partial charge in [0.15, 0.2) is 0 Å². The summed E-state index contributed by atoms with van der Waals surface area (Å²) in [4.78, 5) is 0. The molecule has 1 rings (SSSR count). The van der Waals surface area contributed by atoms with Crippen LogP contribution < -0.4 is 11.1 Å². The van der Waals surface area contributed by atoms with Crippen LogP contribution in [0.15, 0.2) is 18.2 Å². The molecule has 0 aromatic heterocycles. The Labute approximate surface area is 97.7 Å². The first-order valence-corrected chi connectivity index (χ1v) is 5.83. The zero-order valence-electron chi connectivity index (χ0n) is 10.2. The van der Waals surface area contributed by atoms with Gasteiger partial charge in [-0.05, 0) is 49.4 Å². The Morgan fingerprint density at radius 1 is 1.38 bits per heavy atom. The van der Waals surface area contributed by atoms with Crippen LogP contribution in [0.4, 0.5) is 11.4 Å². The molecule has 1 atom stereocenters. The summed E-state index contributed by atoms with van der Waals surface area (Å²) in [5.41, 5.74) is 8.81. The standard InChI is InChI=1S/C13H22N2O/c1-10(9-16)4-3-5-15-13-7-11(2)6-12(14)8-13/h6-8,10,15-16H,3-5,9,14H2,1-2H3. The second kappa shape index (κ2) is 6.38. The van der Waals surface area contributed by atoms with Crippen LogP contribution in [0.5, 0.6) is 0 Å². The minimum absolute atomic E-state index is 0.275. The summed E-state index contributed by atoms with van der Waals surface area (Å²) in [5, 5.41) is 12.2. The van der Waals surface area contributed by atoms with Crippen molar-refractivity contribution in [1.82, 2.24) is 0 Å². The van der Waals surface area contributed by atoms with E-state index in [4.69, 9.17) is 10.8 Å². The fourth-order valence-corrected chi connectivity index (χ4v) is 1.69. The number of benzene rings is 1. The van der Waals surface area contributed by atoms with Gasteiger partial charge < -0.3 is 16.2 Å². The maximum Gasteiger partial charge on any atom is 0.0456 e. The largest absolute Gasteiger partial charge is 0.399 e. The van der Waals surface area contributed by atoms with E-state index in [2.05, 4.69) is 18.3 Å². The lowest BCUT2D eigenvalue weighted by Crippen LogP contribution is -2.06. The van der Waals surface area contributed by atoms with Gasteiger partial charge in [-0.2, -0.15) is 0 Å². The van der Waals surface area contributed by atoms with Crippen molar-refractivity contribution >= 4 is 11.4 Å². The van der Waals surface area contributed by atoms with E-state index in [0.717, 1.165) is 30.8 Å². The van der Waals surface area contributed by atoms with E-state index in [1.54, 1.807) is 0 Å². The predicted molar refractivity (Wildman–Crippen MR) is 69.6 cm³/mol. The van der Waals surface area contributed by atoms with Crippen molar-refractivity contribution in [1.29, 1.82) is 0 Å². The highest BCUT2D eigenvalue weighted by Crippen LogP contribution is 2.16. The number of hydrogen-bond donors (Lipinski definition) is 3. The van der Waals surface area contributed by atoms with Gasteiger partial charge in [0.1, 0.15) is 0 Å². The molecule has 0 radical (unpaired) electrons. The van der Waals surface area contributed by atoms with Crippen molar-refractivity contribution in [3.8, 4) is 0 Å². The molecule has 0 aliphatic heterocycles. The molecule has 0 bridgehead atoms. The van der Waals surface area contributed by atoms with Crippen LogP contribution in [0, 0.1) is 12.8 Å². The van der Waals surface area contributed by atoms with E-state index in [-0.39, 0.29) is 6.61 Å². The lowest BCUT2D eigenvalue weighted by Gasteiger charge is -2.10. The fourth-order valence-electron chi connectivity index (χ4n) is 1.69. The molecule has 0 amide bonds. The Balaban J connectivity index is 2.32. The maximum absolute atomic E-state index is 8.89. The second-order valence-corrected chi connectivity index (χ2v) is 4.49. The minimum atomic E-state index is 0.275. The molecule has 0 saturated heterocycles. The van der Waals surface area contributed by atoms with Crippen LogP contribution in [0.25, 0.3) is 0 Å². The molecule has 0 aliphatic carbocycles. The summed E-state index contributed by atoms with van der Waals surface area (Å²) in [5.74, 6) is 0.393. The zero-order valence-corrected chi connectivity index (χ0v) is 10.2. The number of rotatable bonds is 6. The Morgan fingerprint density at radius 3 is 2.75 bits per heavy atom. The topological polar surface area (TPSA) is 58.3 Å². The minimum Gasteiger partial charge on any atom is -0.399 e. The lowest BCUT2D eigenvalue weighted by atomic mass is 10.1. The van der Waals surface area contributed by atoms with Gasteiger partial charge in [0.2, 0.25) is 0 Å². The molecular formula is C13H22N2O. The number of nitrogens with two attached hydrogens (primary N) is 1. The molecule has 90 valence electrons. The smallest absolute Gasteiger partial charge is 0.0456 e. The summed E-state index contributed by atoms with van der Waals surface area (Å²) in [6, 6.07) is 5.99. The normalized spacial score (nSPS) is 12.4. The number of aliphatic hydroxyl groups excluding tert-OH is 1. The summed E-state index contributed by atoms with van der Waals surface area (Å²) in [6.07, 6.45) is 2.11. The molecule has 0 heterocycles. The van der Waals surface area contributed by atoms with Gasteiger partial charge in [0.25, 0.3) is 0 Å². The molecule has 4 N–H and O–H groups in total. The van der Waals surface area contributed by atoms with E-state index in [1.807, 2.05) is 19.1 Å². The molecule has 3 heteroatoms. The average molecular weight is 222 g/mol. The number of aryl methyl sites for hydroxylation is 1. The summed E-state index contributed by atoms with van der Waals surface area (Å²) >= 11 is 0. The van der Waals surface area contributed by atoms with Gasteiger partial charge in [-0.25, -0.2) is 0 Å². The van der Waals surface area contributed by atoms with E-state index < -0.39 is 0 Å². The Kier molecular flexibility index (Phi) is 5.12. The molecule has 0 saturated carbocycles. The van der Waals surface area contributed by atoms with Crippen molar-refractivity contribution in [3.05, 3.63) is 23.8 Å². The van der Waals surface area contributed by atoms with Crippen LogP contribution in [0.3, 0.4) is 0 Å². The van der Waals surface area contributed by atoms with Gasteiger partial charge in [0, 0.05) is 24.5 Å². The number of aliphatic hydroxyl groups is 1. The third-order valence-corrected chi connectivity index (χ3v) is 2.61. The SMILES string of the molecule is Cc1cc(N)cc(NCCCC(C)CO)c1. The highest BCUT2D eigenvalue weighted by molar-refractivity contribution is 5.56. The van der Waals surface area contributed by atoms with Crippen LogP contribution >= 0.6 is 0 Å². The maximum atomic E-state index is 8.89. The van der Waals surface area contributed by atoms with Gasteiger partial charge in [0.05, 0.1) is 0 Å². The molecule has 0 fully saturated rings. The number of nitrogens with one attached hydrogen (secondary N) is 1. The first-order valence-electron chi connectivity index (χ1n) is 5.83. The fraction of sp³-hybridized carbons (Fsp3) is 0.538. The van der Waals surface area contributed by atoms with E-state index in [9.17, 15) is 0 Å². The molecule has 1 unspecified atom stereocenters. The van der Waals surface area contributed by atoms with Crippen molar-refractivity contribution in [2.75, 3.05) is 24.2 Å². The Morgan fingerprint density at radius 2 is 2.12 bits per heavy atom. The molecule has 1 aromatic rings. The van der Waals surface area contributed by atoms with Crippen LogP contribution in [-0.2, 0) is 0 Å². The monoisotopic (exact) mass is 222 g/mol. The third kappa shape index (κ3) is 4.53. The van der Waals surface area contributed by atoms with Crippen LogP contribution in [-0.4, -0.2) is 18.3 Å². The summed E-state index contributed by atoms with van der Waals surface area (Å²) in [7, 11) is 0. The number of hydrogen-bond acceptors (Lipinski definition) is 3. The number of anilines is 2. The van der Waals surface area contributed by atoms with Crippen LogP contribution in [0.2, 0.25) is 0 Å². The van der Waals surface area contributed by atoms with Gasteiger partial charge in [-0.15, -0.1) is 0 Å². The van der Waals surface area contributed by atoms with E-state index >= 15 is 0 Å². The molecular weight excluding hydrogens is 200 g/mol. The van der Waals surface area contributed by atoms with E-state index in [0.29, 0.717) is 5.92 Å². The first kappa shape index (κ1) is 12.8. The van der Waals surface area contributed by atoms with Crippen molar-refractivity contribution in [3.63, 3.8) is 0 Å². The molecule has 16 heavy (non-hydrogen) atoms. The highest BCUT2D eigenvalue weighted by atomic mass is 16.3. The molecule has 1 aromatic carbocycles. The van der Waals surface area contributed by atoms with Crippen LogP contribution in [0.1, 0.15) is 25.3 Å². The van der Waals surface area contributed by atoms with Gasteiger partial charge in [-0.1, -0.05) is 6.92 Å². The quantitative estimate of drug-likeness (QED) is 0.511. The molecule has 0 spiro atoms. The average Bonchev–Trinajstić information content (AvgIpc) is 2.22. The predicted octanol–water partition coefficient (Wildman–Crippen LogP) is 2.40. The van der Waals surface area contributed by atoms with Crippen molar-refractivity contribution in [2.45, 2.75) is 26.7 Å². The summed E-state index contributed by atoms with van der Waals surface area (Å²) < 4.78 is 0. The highest BCUT2D eigenvalue weighted by Gasteiger charge is 1.99. The number of nitrogen functional groups attached to an aromatic ring is 1. The molecule has 0 aliphatic rings. The first-order chi connectivity index (χ1) is 7.61. The van der Waals surface area contributed by atoms with Crippen molar-refractivity contribution in [2.24, 2.45) is 5.92 Å². The van der Waals surface area contributed by atoms with Gasteiger partial charge in [-0.3, -0.25) is 0 Å². The Bertz CT molecular complexity index is 305. The summed E-state index contributed by atoms with van der Waals surface area (Å²) in [6.45, 7) is 5.30. The molecule has 3 nitrogen and oxygen atoms in total.